The topological polar surface area (TPSA) is 34.9 Å². The number of halogens is 4. The summed E-state index contributed by atoms with van der Waals surface area (Å²) in [6.07, 6.45) is -0.318. The Balaban J connectivity index is 1.99. The van der Waals surface area contributed by atoms with E-state index in [-0.39, 0.29) is 23.4 Å². The highest BCUT2D eigenvalue weighted by Gasteiger charge is 2.19. The lowest BCUT2D eigenvalue weighted by Crippen LogP contribution is -2.24. The molecular formula is C20H12ClF3N2OS. The van der Waals surface area contributed by atoms with E-state index in [1.165, 1.54) is 15.9 Å². The Kier molecular flexibility index (Phi) is 4.72. The molecule has 4 rings (SSSR count). The summed E-state index contributed by atoms with van der Waals surface area (Å²) >= 11 is 7.18. The van der Waals surface area contributed by atoms with Crippen LogP contribution < -0.4 is 5.56 Å². The van der Waals surface area contributed by atoms with Gasteiger partial charge in [0, 0.05) is 29.1 Å². The fraction of sp³-hybridized carbons (Fsp3) is 0.100. The molecule has 142 valence electrons. The Morgan fingerprint density at radius 1 is 1.11 bits per heavy atom. The second-order valence-corrected chi connectivity index (χ2v) is 7.58. The van der Waals surface area contributed by atoms with Crippen molar-refractivity contribution >= 4 is 33.2 Å². The van der Waals surface area contributed by atoms with Crippen LogP contribution in [0.2, 0.25) is 5.02 Å². The Labute approximate surface area is 166 Å². The van der Waals surface area contributed by atoms with Crippen molar-refractivity contribution in [2.45, 2.75) is 13.3 Å². The van der Waals surface area contributed by atoms with E-state index >= 15 is 0 Å². The van der Waals surface area contributed by atoms with E-state index in [2.05, 4.69) is 4.98 Å². The molecule has 0 bridgehead atoms. The van der Waals surface area contributed by atoms with E-state index in [1.54, 1.807) is 36.6 Å². The molecule has 28 heavy (non-hydrogen) atoms. The number of rotatable bonds is 3. The zero-order valence-electron chi connectivity index (χ0n) is 14.5. The maximum Gasteiger partial charge on any atom is 0.276 e. The highest BCUT2D eigenvalue weighted by atomic mass is 35.5. The summed E-state index contributed by atoms with van der Waals surface area (Å²) < 4.78 is 43.4. The van der Waals surface area contributed by atoms with Crippen LogP contribution in [0.25, 0.3) is 15.9 Å². The lowest BCUT2D eigenvalue weighted by atomic mass is 10.1. The number of fused-ring (bicyclic) bond motifs is 1. The normalized spacial score (nSPS) is 11.3. The zero-order chi connectivity index (χ0) is 20.0. The first-order valence-corrected chi connectivity index (χ1v) is 9.50. The summed E-state index contributed by atoms with van der Waals surface area (Å²) in [6.45, 7) is 1.81. The second kappa shape index (κ2) is 7.07. The summed E-state index contributed by atoms with van der Waals surface area (Å²) in [5.74, 6) is -2.93. The summed E-state index contributed by atoms with van der Waals surface area (Å²) in [4.78, 5) is 17.6. The molecule has 0 aliphatic rings. The molecule has 3 nitrogen and oxygen atoms in total. The molecule has 4 aromatic rings. The standard InChI is InChI=1S/C20H12ClF3N2OS/c1-10-9-28-19-18(10)25-17(8-14-15(23)6-12(22)7-16(14)24)26(20(19)27)13-4-2-11(21)3-5-13/h2-7,9H,8H2,1H3. The van der Waals surface area contributed by atoms with Crippen molar-refractivity contribution in [3.05, 3.63) is 91.6 Å². The van der Waals surface area contributed by atoms with Crippen molar-refractivity contribution in [1.29, 1.82) is 0 Å². The van der Waals surface area contributed by atoms with Gasteiger partial charge in [-0.25, -0.2) is 18.2 Å². The average molecular weight is 421 g/mol. The molecule has 0 amide bonds. The summed E-state index contributed by atoms with van der Waals surface area (Å²) in [6, 6.07) is 7.68. The van der Waals surface area contributed by atoms with Gasteiger partial charge in [0.05, 0.1) is 11.2 Å². The SMILES string of the molecule is Cc1csc2c(=O)n(-c3ccc(Cl)cc3)c(Cc3c(F)cc(F)cc3F)nc12. The first-order valence-electron chi connectivity index (χ1n) is 8.24. The minimum Gasteiger partial charge on any atom is -0.267 e. The molecule has 0 aliphatic carbocycles. The van der Waals surface area contributed by atoms with E-state index in [0.29, 0.717) is 33.1 Å². The molecule has 0 saturated carbocycles. The molecule has 0 spiro atoms. The van der Waals surface area contributed by atoms with Gasteiger partial charge in [0.25, 0.3) is 5.56 Å². The number of aromatic nitrogens is 2. The van der Waals surface area contributed by atoms with Crippen molar-refractivity contribution in [2.24, 2.45) is 0 Å². The van der Waals surface area contributed by atoms with Gasteiger partial charge in [-0.2, -0.15) is 0 Å². The van der Waals surface area contributed by atoms with Gasteiger partial charge in [-0.3, -0.25) is 9.36 Å². The fourth-order valence-corrected chi connectivity index (χ4v) is 4.04. The van der Waals surface area contributed by atoms with Crippen LogP contribution in [0.15, 0.2) is 46.6 Å². The van der Waals surface area contributed by atoms with Crippen LogP contribution in [0.1, 0.15) is 17.0 Å². The van der Waals surface area contributed by atoms with Crippen molar-refractivity contribution in [3.8, 4) is 5.69 Å². The lowest BCUT2D eigenvalue weighted by Gasteiger charge is -2.14. The van der Waals surface area contributed by atoms with Crippen LogP contribution in [-0.4, -0.2) is 9.55 Å². The monoisotopic (exact) mass is 420 g/mol. The van der Waals surface area contributed by atoms with E-state index in [1.807, 2.05) is 0 Å². The van der Waals surface area contributed by atoms with Gasteiger partial charge in [0.2, 0.25) is 0 Å². The van der Waals surface area contributed by atoms with Crippen LogP contribution in [0.3, 0.4) is 0 Å². The van der Waals surface area contributed by atoms with Gasteiger partial charge < -0.3 is 0 Å². The number of thiophene rings is 1. The highest BCUT2D eigenvalue weighted by molar-refractivity contribution is 7.17. The second-order valence-electron chi connectivity index (χ2n) is 6.27. The minimum absolute atomic E-state index is 0.144. The summed E-state index contributed by atoms with van der Waals surface area (Å²) in [5, 5.41) is 2.28. The number of nitrogens with zero attached hydrogens (tertiary/aromatic N) is 2. The van der Waals surface area contributed by atoms with E-state index < -0.39 is 17.5 Å². The number of hydrogen-bond acceptors (Lipinski definition) is 3. The van der Waals surface area contributed by atoms with Crippen LogP contribution >= 0.6 is 22.9 Å². The molecular weight excluding hydrogens is 409 g/mol. The van der Waals surface area contributed by atoms with Gasteiger partial charge in [-0.15, -0.1) is 11.3 Å². The molecule has 2 aromatic carbocycles. The van der Waals surface area contributed by atoms with Crippen molar-refractivity contribution in [1.82, 2.24) is 9.55 Å². The van der Waals surface area contributed by atoms with E-state index in [4.69, 9.17) is 11.6 Å². The highest BCUT2D eigenvalue weighted by Crippen LogP contribution is 2.25. The molecule has 0 unspecified atom stereocenters. The smallest absolute Gasteiger partial charge is 0.267 e. The van der Waals surface area contributed by atoms with Crippen molar-refractivity contribution in [3.63, 3.8) is 0 Å². The van der Waals surface area contributed by atoms with Gasteiger partial charge in [0.1, 0.15) is 28.0 Å². The fourth-order valence-electron chi connectivity index (χ4n) is 3.00. The molecule has 8 heteroatoms. The van der Waals surface area contributed by atoms with Crippen LogP contribution in [-0.2, 0) is 6.42 Å². The Bertz CT molecular complexity index is 1240. The van der Waals surface area contributed by atoms with Crippen LogP contribution in [0.4, 0.5) is 13.2 Å². The summed E-state index contributed by atoms with van der Waals surface area (Å²) in [7, 11) is 0. The van der Waals surface area contributed by atoms with Crippen molar-refractivity contribution in [2.75, 3.05) is 0 Å². The lowest BCUT2D eigenvalue weighted by molar-refractivity contribution is 0.525. The number of benzene rings is 2. The van der Waals surface area contributed by atoms with Gasteiger partial charge in [0.15, 0.2) is 0 Å². The number of hydrogen-bond donors (Lipinski definition) is 0. The molecule has 0 atom stereocenters. The largest absolute Gasteiger partial charge is 0.276 e. The third-order valence-corrected chi connectivity index (χ3v) is 5.69. The average Bonchev–Trinajstić information content (AvgIpc) is 3.01. The minimum atomic E-state index is -1.03. The molecule has 0 fully saturated rings. The Hall–Kier alpha value is -2.64. The maximum absolute atomic E-state index is 14.2. The quantitative estimate of drug-likeness (QED) is 0.443. The Morgan fingerprint density at radius 3 is 2.39 bits per heavy atom. The summed E-state index contributed by atoms with van der Waals surface area (Å²) in [5.41, 5.74) is 1.04. The zero-order valence-corrected chi connectivity index (χ0v) is 16.0. The van der Waals surface area contributed by atoms with Crippen molar-refractivity contribution < 1.29 is 13.2 Å². The van der Waals surface area contributed by atoms with Gasteiger partial charge in [-0.1, -0.05) is 11.6 Å². The molecule has 2 aromatic heterocycles. The molecule has 0 N–H and O–H groups in total. The van der Waals surface area contributed by atoms with Gasteiger partial charge >= 0.3 is 0 Å². The van der Waals surface area contributed by atoms with Crippen LogP contribution in [0.5, 0.6) is 0 Å². The van der Waals surface area contributed by atoms with E-state index in [9.17, 15) is 18.0 Å². The molecule has 2 heterocycles. The Morgan fingerprint density at radius 2 is 1.75 bits per heavy atom. The predicted octanol–water partition coefficient (Wildman–Crippen LogP) is 5.42. The number of aryl methyl sites for hydroxylation is 1. The predicted molar refractivity (Wildman–Crippen MR) is 104 cm³/mol. The first-order chi connectivity index (χ1) is 13.3. The molecule has 0 saturated heterocycles. The third-order valence-electron chi connectivity index (χ3n) is 4.36. The maximum atomic E-state index is 14.2. The van der Waals surface area contributed by atoms with Gasteiger partial charge in [-0.05, 0) is 42.1 Å². The third kappa shape index (κ3) is 3.21. The molecule has 0 radical (unpaired) electrons. The first kappa shape index (κ1) is 18.7. The molecule has 0 aliphatic heterocycles. The van der Waals surface area contributed by atoms with Crippen LogP contribution in [0, 0.1) is 24.4 Å². The van der Waals surface area contributed by atoms with E-state index in [0.717, 1.165) is 5.56 Å².